The third-order valence-corrected chi connectivity index (χ3v) is 5.33. The largest absolute Gasteiger partial charge is 0.452 e. The number of aryl methyl sites for hydroxylation is 1. The predicted molar refractivity (Wildman–Crippen MR) is 105 cm³/mol. The molecule has 0 saturated carbocycles. The van der Waals surface area contributed by atoms with Gasteiger partial charge in [0.25, 0.3) is 0 Å². The molecule has 7 heteroatoms. The Morgan fingerprint density at radius 1 is 1.25 bits per heavy atom. The molecule has 4 rings (SSSR count). The molecule has 0 radical (unpaired) electrons. The summed E-state index contributed by atoms with van der Waals surface area (Å²) < 4.78 is 25.0. The van der Waals surface area contributed by atoms with Crippen molar-refractivity contribution in [1.82, 2.24) is 0 Å². The number of carbonyl (C=O) groups is 2. The van der Waals surface area contributed by atoms with Gasteiger partial charge in [0, 0.05) is 11.6 Å². The van der Waals surface area contributed by atoms with Crippen LogP contribution in [0.25, 0.3) is 6.08 Å². The first kappa shape index (κ1) is 18.4. The molecule has 0 amide bonds. The molecule has 4 nitrogen and oxygen atoms in total. The molecular weight excluding hydrogens is 403 g/mol. The highest BCUT2D eigenvalue weighted by molar-refractivity contribution is 7.12. The average molecular weight is 415 g/mol. The van der Waals surface area contributed by atoms with Crippen molar-refractivity contribution >= 4 is 40.8 Å². The quantitative estimate of drug-likeness (QED) is 0.314. The molecule has 1 aliphatic rings. The highest BCUT2D eigenvalue weighted by Crippen LogP contribution is 2.38. The fourth-order valence-corrected chi connectivity index (χ4v) is 3.68. The van der Waals surface area contributed by atoms with Crippen LogP contribution in [0.3, 0.4) is 0 Å². The van der Waals surface area contributed by atoms with Crippen molar-refractivity contribution in [3.8, 4) is 11.5 Å². The molecule has 0 unspecified atom stereocenters. The van der Waals surface area contributed by atoms with Crippen molar-refractivity contribution < 1.29 is 23.5 Å². The van der Waals surface area contributed by atoms with Gasteiger partial charge in [-0.2, -0.15) is 0 Å². The summed E-state index contributed by atoms with van der Waals surface area (Å²) in [5.74, 6) is -0.984. The maximum Gasteiger partial charge on any atom is 0.353 e. The molecule has 1 aliphatic heterocycles. The minimum absolute atomic E-state index is 0.0492. The van der Waals surface area contributed by atoms with E-state index in [0.29, 0.717) is 16.0 Å². The van der Waals surface area contributed by atoms with Gasteiger partial charge < -0.3 is 9.47 Å². The number of thiophene rings is 1. The monoisotopic (exact) mass is 414 g/mol. The van der Waals surface area contributed by atoms with Gasteiger partial charge >= 0.3 is 5.97 Å². The second-order valence-corrected chi connectivity index (χ2v) is 7.41. The van der Waals surface area contributed by atoms with Crippen molar-refractivity contribution in [1.29, 1.82) is 0 Å². The number of ether oxygens (including phenoxy) is 2. The molecule has 1 aromatic heterocycles. The first-order valence-electron chi connectivity index (χ1n) is 8.22. The molecule has 3 aromatic rings. The number of halogens is 2. The molecule has 0 atom stereocenters. The van der Waals surface area contributed by atoms with E-state index in [9.17, 15) is 14.0 Å². The van der Waals surface area contributed by atoms with Crippen LogP contribution in [0.4, 0.5) is 4.39 Å². The van der Waals surface area contributed by atoms with Crippen LogP contribution in [0.15, 0.2) is 53.6 Å². The topological polar surface area (TPSA) is 52.6 Å². The van der Waals surface area contributed by atoms with Crippen LogP contribution in [0.5, 0.6) is 11.5 Å². The first-order chi connectivity index (χ1) is 13.4. The lowest BCUT2D eigenvalue weighted by Crippen LogP contribution is -2.06. The van der Waals surface area contributed by atoms with Crippen LogP contribution in [-0.4, -0.2) is 11.8 Å². The van der Waals surface area contributed by atoms with Gasteiger partial charge in [-0.05, 0) is 48.2 Å². The number of carbonyl (C=O) groups excluding carboxylic acids is 2. The SMILES string of the molecule is Cc1cc(OC(=O)c2cccs2)cc2c1C(=O)/C(=C/c1c(F)cccc1Cl)O2. The molecule has 2 aromatic carbocycles. The van der Waals surface area contributed by atoms with Gasteiger partial charge in [0.2, 0.25) is 5.78 Å². The van der Waals surface area contributed by atoms with Crippen LogP contribution < -0.4 is 9.47 Å². The Hall–Kier alpha value is -2.96. The first-order valence-corrected chi connectivity index (χ1v) is 9.48. The number of rotatable bonds is 3. The van der Waals surface area contributed by atoms with Crippen LogP contribution in [0.2, 0.25) is 5.02 Å². The lowest BCUT2D eigenvalue weighted by atomic mass is 10.0. The van der Waals surface area contributed by atoms with E-state index >= 15 is 0 Å². The Morgan fingerprint density at radius 3 is 2.79 bits per heavy atom. The van der Waals surface area contributed by atoms with E-state index in [0.717, 1.165) is 0 Å². The third-order valence-electron chi connectivity index (χ3n) is 4.15. The van der Waals surface area contributed by atoms with Crippen LogP contribution >= 0.6 is 22.9 Å². The van der Waals surface area contributed by atoms with Crippen molar-refractivity contribution in [2.75, 3.05) is 0 Å². The lowest BCUT2D eigenvalue weighted by Gasteiger charge is -2.07. The maximum absolute atomic E-state index is 14.0. The van der Waals surface area contributed by atoms with E-state index in [1.807, 2.05) is 0 Å². The van der Waals surface area contributed by atoms with Gasteiger partial charge in [0.05, 0.1) is 10.6 Å². The van der Waals surface area contributed by atoms with E-state index in [-0.39, 0.29) is 33.6 Å². The molecule has 0 aliphatic carbocycles. The van der Waals surface area contributed by atoms with E-state index in [1.54, 1.807) is 30.5 Å². The Bertz CT molecular complexity index is 1120. The van der Waals surface area contributed by atoms with Gasteiger partial charge in [0.15, 0.2) is 5.76 Å². The number of allylic oxidation sites excluding steroid dienone is 1. The average Bonchev–Trinajstić information content (AvgIpc) is 3.27. The fraction of sp³-hybridized carbons (Fsp3) is 0.0476. The van der Waals surface area contributed by atoms with Crippen molar-refractivity contribution in [3.05, 3.63) is 86.0 Å². The summed E-state index contributed by atoms with van der Waals surface area (Å²) >= 11 is 7.29. The smallest absolute Gasteiger partial charge is 0.353 e. The van der Waals surface area contributed by atoms with Crippen molar-refractivity contribution in [3.63, 3.8) is 0 Å². The Morgan fingerprint density at radius 2 is 2.07 bits per heavy atom. The molecule has 2 heterocycles. The van der Waals surface area contributed by atoms with Crippen molar-refractivity contribution in [2.45, 2.75) is 6.92 Å². The summed E-state index contributed by atoms with van der Waals surface area (Å²) in [6, 6.07) is 10.7. The molecule has 28 heavy (non-hydrogen) atoms. The molecule has 0 spiro atoms. The van der Waals surface area contributed by atoms with Crippen LogP contribution in [0.1, 0.15) is 31.2 Å². The Kier molecular flexibility index (Phi) is 4.75. The third kappa shape index (κ3) is 3.32. The van der Waals surface area contributed by atoms with Gasteiger partial charge in [-0.15, -0.1) is 11.3 Å². The van der Waals surface area contributed by atoms with E-state index in [4.69, 9.17) is 21.1 Å². The highest BCUT2D eigenvalue weighted by atomic mass is 35.5. The normalized spacial score (nSPS) is 14.1. The van der Waals surface area contributed by atoms with E-state index < -0.39 is 11.8 Å². The Labute approximate surface area is 168 Å². The fourth-order valence-electron chi connectivity index (χ4n) is 2.87. The molecule has 0 saturated heterocycles. The standard InChI is InChI=1S/C21H12ClFO4S/c1-11-8-12(26-21(25)18-6-3-7-28-18)9-16-19(11)20(24)17(27-16)10-13-14(22)4-2-5-15(13)23/h2-10H,1H3/b17-10-. The number of hydrogen-bond acceptors (Lipinski definition) is 5. The summed E-state index contributed by atoms with van der Waals surface area (Å²) in [4.78, 5) is 25.3. The highest BCUT2D eigenvalue weighted by Gasteiger charge is 2.31. The van der Waals surface area contributed by atoms with Crippen molar-refractivity contribution in [2.24, 2.45) is 0 Å². The van der Waals surface area contributed by atoms with Gasteiger partial charge in [0.1, 0.15) is 22.2 Å². The zero-order valence-corrected chi connectivity index (χ0v) is 16.1. The summed E-state index contributed by atoms with van der Waals surface area (Å²) in [6.07, 6.45) is 1.27. The molecule has 0 N–H and O–H groups in total. The van der Waals surface area contributed by atoms with Crippen LogP contribution in [0, 0.1) is 12.7 Å². The lowest BCUT2D eigenvalue weighted by molar-refractivity contribution is 0.0739. The van der Waals surface area contributed by atoms with Crippen LogP contribution in [-0.2, 0) is 0 Å². The maximum atomic E-state index is 14.0. The molecule has 140 valence electrons. The number of fused-ring (bicyclic) bond motifs is 1. The van der Waals surface area contributed by atoms with Gasteiger partial charge in [-0.1, -0.05) is 23.7 Å². The zero-order valence-electron chi connectivity index (χ0n) is 14.5. The predicted octanol–water partition coefficient (Wildman–Crippen LogP) is 5.68. The second-order valence-electron chi connectivity index (χ2n) is 6.06. The number of benzene rings is 2. The van der Waals surface area contributed by atoms with Gasteiger partial charge in [-0.25, -0.2) is 9.18 Å². The molecular formula is C21H12ClFO4S. The number of ketones is 1. The second kappa shape index (κ2) is 7.22. The summed E-state index contributed by atoms with van der Waals surface area (Å²) in [5, 5.41) is 1.94. The molecule has 0 fully saturated rings. The zero-order chi connectivity index (χ0) is 19.8. The minimum atomic E-state index is -0.561. The summed E-state index contributed by atoms with van der Waals surface area (Å²) in [7, 11) is 0. The Balaban J connectivity index is 1.66. The van der Waals surface area contributed by atoms with Gasteiger partial charge in [-0.3, -0.25) is 4.79 Å². The van der Waals surface area contributed by atoms with E-state index in [1.165, 1.54) is 41.7 Å². The summed E-state index contributed by atoms with van der Waals surface area (Å²) in [5.41, 5.74) is 0.997. The number of hydrogen-bond donors (Lipinski definition) is 0. The molecule has 0 bridgehead atoms. The number of esters is 1. The minimum Gasteiger partial charge on any atom is -0.452 e. The summed E-state index contributed by atoms with van der Waals surface area (Å²) in [6.45, 7) is 1.71. The van der Waals surface area contributed by atoms with E-state index in [2.05, 4.69) is 0 Å². The number of Topliss-reactive ketones (excluding diaryl/α,β-unsaturated/α-hetero) is 1.